The Balaban J connectivity index is 1.68. The first-order valence-electron chi connectivity index (χ1n) is 10.7. The maximum absolute atomic E-state index is 12.8. The van der Waals surface area contributed by atoms with Crippen molar-refractivity contribution in [2.24, 2.45) is 0 Å². The third-order valence-electron chi connectivity index (χ3n) is 5.73. The summed E-state index contributed by atoms with van der Waals surface area (Å²) in [5.41, 5.74) is 2.24. The van der Waals surface area contributed by atoms with Crippen LogP contribution in [0.4, 0.5) is 5.69 Å². The highest BCUT2D eigenvalue weighted by atomic mass is 32.2. The van der Waals surface area contributed by atoms with Crippen LogP contribution in [-0.2, 0) is 16.6 Å². The minimum atomic E-state index is -3.61. The second-order valence-corrected chi connectivity index (χ2v) is 9.75. The Morgan fingerprint density at radius 1 is 1.10 bits per heavy atom. The first-order valence-corrected chi connectivity index (χ1v) is 12.2. The monoisotopic (exact) mass is 441 g/mol. The Labute approximate surface area is 185 Å². The highest BCUT2D eigenvalue weighted by Crippen LogP contribution is 2.25. The van der Waals surface area contributed by atoms with Gasteiger partial charge in [0.15, 0.2) is 0 Å². The number of carbonyl (C=O) groups excluding carboxylic acids is 1. The van der Waals surface area contributed by atoms with E-state index in [4.69, 9.17) is 0 Å². The second-order valence-electron chi connectivity index (χ2n) is 7.98. The van der Waals surface area contributed by atoms with Crippen LogP contribution < -0.4 is 10.0 Å². The summed E-state index contributed by atoms with van der Waals surface area (Å²) < 4.78 is 26.8. The Hall–Kier alpha value is -2.48. The molecular formula is C24H31N3O3S. The normalized spacial score (nSPS) is 15.0. The van der Waals surface area contributed by atoms with Crippen LogP contribution in [0, 0.1) is 0 Å². The molecule has 2 aromatic carbocycles. The number of nitrogens with zero attached hydrogens (tertiary/aromatic N) is 1. The lowest BCUT2D eigenvalue weighted by Crippen LogP contribution is -2.33. The average Bonchev–Trinajstić information content (AvgIpc) is 2.79. The number of sulfonamides is 1. The number of benzene rings is 2. The first kappa shape index (κ1) is 23.2. The summed E-state index contributed by atoms with van der Waals surface area (Å²) in [6.07, 6.45) is 7.80. The number of carbonyl (C=O) groups is 1. The quantitative estimate of drug-likeness (QED) is 0.573. The smallest absolute Gasteiger partial charge is 0.255 e. The number of rotatable bonds is 9. The lowest BCUT2D eigenvalue weighted by Gasteiger charge is -2.31. The Bertz CT molecular complexity index is 997. The van der Waals surface area contributed by atoms with E-state index < -0.39 is 10.0 Å². The van der Waals surface area contributed by atoms with E-state index in [0.717, 1.165) is 17.8 Å². The summed E-state index contributed by atoms with van der Waals surface area (Å²) in [6.45, 7) is 4.42. The molecule has 1 aliphatic rings. The van der Waals surface area contributed by atoms with Gasteiger partial charge in [-0.3, -0.25) is 9.69 Å². The summed E-state index contributed by atoms with van der Waals surface area (Å²) in [7, 11) is -1.47. The van der Waals surface area contributed by atoms with Gasteiger partial charge in [-0.2, -0.15) is 0 Å². The third-order valence-corrected chi connectivity index (χ3v) is 7.17. The van der Waals surface area contributed by atoms with Crippen LogP contribution in [0.1, 0.15) is 48.0 Å². The Morgan fingerprint density at radius 3 is 2.45 bits per heavy atom. The fourth-order valence-corrected chi connectivity index (χ4v) is 4.93. The van der Waals surface area contributed by atoms with Crippen LogP contribution in [0.15, 0.2) is 66.1 Å². The zero-order chi connectivity index (χ0) is 22.3. The predicted octanol–water partition coefficient (Wildman–Crippen LogP) is 4.17. The molecule has 31 heavy (non-hydrogen) atoms. The van der Waals surface area contributed by atoms with Crippen molar-refractivity contribution in [2.45, 2.75) is 49.6 Å². The molecule has 0 atom stereocenters. The van der Waals surface area contributed by atoms with Gasteiger partial charge < -0.3 is 5.32 Å². The van der Waals surface area contributed by atoms with Crippen LogP contribution in [-0.4, -0.2) is 38.9 Å². The van der Waals surface area contributed by atoms with E-state index in [0.29, 0.717) is 11.6 Å². The van der Waals surface area contributed by atoms with Crippen LogP contribution >= 0.6 is 0 Å². The number of hydrogen-bond donors (Lipinski definition) is 2. The van der Waals surface area contributed by atoms with E-state index in [1.165, 1.54) is 62.4 Å². The van der Waals surface area contributed by atoms with Crippen molar-refractivity contribution in [3.63, 3.8) is 0 Å². The van der Waals surface area contributed by atoms with Gasteiger partial charge in [-0.15, -0.1) is 6.58 Å². The van der Waals surface area contributed by atoms with E-state index in [2.05, 4.69) is 28.6 Å². The van der Waals surface area contributed by atoms with Crippen LogP contribution in [0.25, 0.3) is 0 Å². The standard InChI is InChI=1S/C24H31N3O3S/c1-3-17-25-31(29,30)22-15-13-19(14-16-22)24(28)26-23-12-8-7-9-20(23)18-27(2)21-10-5-4-6-11-21/h3,7-9,12-16,21,25H,1,4-6,10-11,17-18H2,2H3,(H,26,28). The molecule has 0 unspecified atom stereocenters. The Morgan fingerprint density at radius 2 is 1.77 bits per heavy atom. The topological polar surface area (TPSA) is 78.5 Å². The summed E-state index contributed by atoms with van der Waals surface area (Å²) in [6, 6.07) is 14.3. The molecule has 0 heterocycles. The first-order chi connectivity index (χ1) is 14.9. The van der Waals surface area contributed by atoms with Gasteiger partial charge in [0.25, 0.3) is 5.91 Å². The summed E-state index contributed by atoms with van der Waals surface area (Å²) in [5.74, 6) is -0.268. The summed E-state index contributed by atoms with van der Waals surface area (Å²) >= 11 is 0. The lowest BCUT2D eigenvalue weighted by molar-refractivity contribution is 0.102. The van der Waals surface area contributed by atoms with Crippen LogP contribution in [0.3, 0.4) is 0 Å². The fourth-order valence-electron chi connectivity index (χ4n) is 3.93. The van der Waals surface area contributed by atoms with Crippen molar-refractivity contribution in [1.82, 2.24) is 9.62 Å². The van der Waals surface area contributed by atoms with Gasteiger partial charge in [-0.1, -0.05) is 43.5 Å². The minimum Gasteiger partial charge on any atom is -0.322 e. The second kappa shape index (κ2) is 10.7. The van der Waals surface area contributed by atoms with E-state index in [9.17, 15) is 13.2 Å². The van der Waals surface area contributed by atoms with Gasteiger partial charge >= 0.3 is 0 Å². The summed E-state index contributed by atoms with van der Waals surface area (Å²) in [4.78, 5) is 15.3. The van der Waals surface area contributed by atoms with E-state index >= 15 is 0 Å². The molecule has 166 valence electrons. The zero-order valence-corrected chi connectivity index (χ0v) is 18.8. The summed E-state index contributed by atoms with van der Waals surface area (Å²) in [5, 5.41) is 2.98. The molecule has 0 bridgehead atoms. The maximum atomic E-state index is 12.8. The number of nitrogens with one attached hydrogen (secondary N) is 2. The number of hydrogen-bond acceptors (Lipinski definition) is 4. The molecule has 0 aliphatic heterocycles. The third kappa shape index (κ3) is 6.26. The lowest BCUT2D eigenvalue weighted by atomic mass is 9.94. The van der Waals surface area contributed by atoms with Crippen LogP contribution in [0.5, 0.6) is 0 Å². The minimum absolute atomic E-state index is 0.111. The van der Waals surface area contributed by atoms with Gasteiger partial charge in [0, 0.05) is 30.4 Å². The molecule has 2 aromatic rings. The number of amides is 1. The van der Waals surface area contributed by atoms with E-state index in [1.807, 2.05) is 24.3 Å². The molecule has 0 saturated heterocycles. The largest absolute Gasteiger partial charge is 0.322 e. The SMILES string of the molecule is C=CCNS(=O)(=O)c1ccc(C(=O)Nc2ccccc2CN(C)C2CCCCC2)cc1. The maximum Gasteiger partial charge on any atom is 0.255 e. The molecule has 6 nitrogen and oxygen atoms in total. The molecule has 2 N–H and O–H groups in total. The molecule has 1 fully saturated rings. The predicted molar refractivity (Wildman–Crippen MR) is 125 cm³/mol. The van der Waals surface area contributed by atoms with Crippen molar-refractivity contribution in [3.05, 3.63) is 72.3 Å². The van der Waals surface area contributed by atoms with Gasteiger partial charge in [0.05, 0.1) is 4.90 Å². The number of para-hydroxylation sites is 1. The van der Waals surface area contributed by atoms with Crippen molar-refractivity contribution < 1.29 is 13.2 Å². The van der Waals surface area contributed by atoms with Crippen molar-refractivity contribution in [1.29, 1.82) is 0 Å². The molecule has 7 heteroatoms. The fraction of sp³-hybridized carbons (Fsp3) is 0.375. The van der Waals surface area contributed by atoms with Crippen molar-refractivity contribution >= 4 is 21.6 Å². The van der Waals surface area contributed by atoms with Gasteiger partial charge in [-0.05, 0) is 55.8 Å². The average molecular weight is 442 g/mol. The van der Waals surface area contributed by atoms with Crippen LogP contribution in [0.2, 0.25) is 0 Å². The molecule has 1 aliphatic carbocycles. The molecule has 0 radical (unpaired) electrons. The zero-order valence-electron chi connectivity index (χ0n) is 18.0. The Kier molecular flexibility index (Phi) is 8.01. The molecule has 0 spiro atoms. The molecule has 1 saturated carbocycles. The molecule has 3 rings (SSSR count). The van der Waals surface area contributed by atoms with Crippen molar-refractivity contribution in [3.8, 4) is 0 Å². The highest BCUT2D eigenvalue weighted by molar-refractivity contribution is 7.89. The molecule has 1 amide bonds. The van der Waals surface area contributed by atoms with Gasteiger partial charge in [0.1, 0.15) is 0 Å². The van der Waals surface area contributed by atoms with Crippen molar-refractivity contribution in [2.75, 3.05) is 18.9 Å². The van der Waals surface area contributed by atoms with E-state index in [-0.39, 0.29) is 17.3 Å². The van der Waals surface area contributed by atoms with Gasteiger partial charge in [0.2, 0.25) is 10.0 Å². The van der Waals surface area contributed by atoms with E-state index in [1.54, 1.807) is 0 Å². The highest BCUT2D eigenvalue weighted by Gasteiger charge is 2.19. The van der Waals surface area contributed by atoms with Gasteiger partial charge in [-0.25, -0.2) is 13.1 Å². The number of anilines is 1. The molecular weight excluding hydrogens is 410 g/mol. The molecule has 0 aromatic heterocycles.